The van der Waals surface area contributed by atoms with Crippen LogP contribution in [0.5, 0.6) is 0 Å². The first-order valence-electron chi connectivity index (χ1n) is 4.69. The molecule has 0 bridgehead atoms. The lowest BCUT2D eigenvalue weighted by atomic mass is 9.92. The van der Waals surface area contributed by atoms with Crippen LogP contribution < -0.4 is 10.6 Å². The van der Waals surface area contributed by atoms with Gasteiger partial charge in [-0.15, -0.1) is 0 Å². The van der Waals surface area contributed by atoms with E-state index in [4.69, 9.17) is 0 Å². The van der Waals surface area contributed by atoms with Crippen LogP contribution in [-0.4, -0.2) is 32.2 Å². The molecule has 0 aliphatic carbocycles. The fraction of sp³-hybridized carbons (Fsp3) is 0.889. The van der Waals surface area contributed by atoms with Crippen LogP contribution in [0.2, 0.25) is 0 Å². The highest BCUT2D eigenvalue weighted by Crippen LogP contribution is 2.19. The lowest BCUT2D eigenvalue weighted by Gasteiger charge is -2.23. The molecule has 0 aliphatic rings. The van der Waals surface area contributed by atoms with Crippen molar-refractivity contribution in [1.29, 1.82) is 0 Å². The molecule has 0 spiro atoms. The maximum Gasteiger partial charge on any atom is 0.390 e. The molecular formula is C9H17F3N2O. The van der Waals surface area contributed by atoms with Crippen molar-refractivity contribution in [1.82, 2.24) is 10.6 Å². The van der Waals surface area contributed by atoms with Gasteiger partial charge in [0, 0.05) is 20.1 Å². The third-order valence-corrected chi connectivity index (χ3v) is 1.99. The number of hydrogen-bond acceptors (Lipinski definition) is 2. The van der Waals surface area contributed by atoms with E-state index >= 15 is 0 Å². The van der Waals surface area contributed by atoms with E-state index in [1.54, 1.807) is 13.8 Å². The van der Waals surface area contributed by atoms with Gasteiger partial charge in [0.2, 0.25) is 5.91 Å². The Balaban J connectivity index is 3.81. The van der Waals surface area contributed by atoms with Crippen LogP contribution in [-0.2, 0) is 4.79 Å². The molecule has 0 unspecified atom stereocenters. The van der Waals surface area contributed by atoms with Crippen LogP contribution in [0.15, 0.2) is 0 Å². The van der Waals surface area contributed by atoms with Gasteiger partial charge in [0.05, 0.1) is 11.8 Å². The molecule has 0 atom stereocenters. The van der Waals surface area contributed by atoms with E-state index in [-0.39, 0.29) is 19.0 Å². The maximum absolute atomic E-state index is 11.8. The summed E-state index contributed by atoms with van der Waals surface area (Å²) < 4.78 is 35.3. The van der Waals surface area contributed by atoms with Crippen LogP contribution in [0.1, 0.15) is 20.3 Å². The Kier molecular flexibility index (Phi) is 5.07. The molecule has 0 aliphatic heterocycles. The molecule has 0 rings (SSSR count). The molecule has 0 heterocycles. The van der Waals surface area contributed by atoms with Crippen molar-refractivity contribution in [2.75, 3.05) is 20.1 Å². The number of rotatable bonds is 5. The molecule has 3 nitrogen and oxygen atoms in total. The van der Waals surface area contributed by atoms with Crippen molar-refractivity contribution in [2.24, 2.45) is 5.41 Å². The molecule has 0 radical (unpaired) electrons. The third kappa shape index (κ3) is 6.33. The first-order valence-corrected chi connectivity index (χ1v) is 4.69. The SMILES string of the molecule is CNC(=O)C(C)(C)CNCCC(F)(F)F. The number of nitrogens with one attached hydrogen (secondary N) is 2. The molecule has 1 amide bonds. The van der Waals surface area contributed by atoms with E-state index in [2.05, 4.69) is 10.6 Å². The summed E-state index contributed by atoms with van der Waals surface area (Å²) in [5, 5.41) is 5.08. The average Bonchev–Trinajstić information content (AvgIpc) is 2.09. The second-order valence-electron chi connectivity index (χ2n) is 4.00. The third-order valence-electron chi connectivity index (χ3n) is 1.99. The lowest BCUT2D eigenvalue weighted by Crippen LogP contribution is -2.42. The number of halogens is 3. The number of amides is 1. The lowest BCUT2D eigenvalue weighted by molar-refractivity contribution is -0.133. The topological polar surface area (TPSA) is 41.1 Å². The molecule has 0 aromatic heterocycles. The van der Waals surface area contributed by atoms with Crippen molar-refractivity contribution in [3.63, 3.8) is 0 Å². The first-order chi connectivity index (χ1) is 6.69. The van der Waals surface area contributed by atoms with Crippen molar-refractivity contribution in [3.8, 4) is 0 Å². The molecule has 0 fully saturated rings. The van der Waals surface area contributed by atoms with Gasteiger partial charge in [0.15, 0.2) is 0 Å². The predicted octanol–water partition coefficient (Wildman–Crippen LogP) is 1.30. The highest BCUT2D eigenvalue weighted by Gasteiger charge is 2.28. The number of alkyl halides is 3. The molecule has 6 heteroatoms. The quantitative estimate of drug-likeness (QED) is 0.694. The van der Waals surface area contributed by atoms with Gasteiger partial charge in [0.1, 0.15) is 0 Å². The average molecular weight is 226 g/mol. The molecule has 90 valence electrons. The summed E-state index contributed by atoms with van der Waals surface area (Å²) in [5.41, 5.74) is -0.694. The molecule has 0 aromatic carbocycles. The van der Waals surface area contributed by atoms with Crippen LogP contribution in [0.3, 0.4) is 0 Å². The summed E-state index contributed by atoms with van der Waals surface area (Å²) in [6.07, 6.45) is -5.03. The first kappa shape index (κ1) is 14.2. The largest absolute Gasteiger partial charge is 0.390 e. The molecule has 0 aromatic rings. The van der Waals surface area contributed by atoms with Crippen LogP contribution in [0.25, 0.3) is 0 Å². The van der Waals surface area contributed by atoms with E-state index < -0.39 is 18.0 Å². The molecule has 0 saturated heterocycles. The van der Waals surface area contributed by atoms with E-state index in [0.717, 1.165) is 0 Å². The van der Waals surface area contributed by atoms with Crippen LogP contribution >= 0.6 is 0 Å². The van der Waals surface area contributed by atoms with E-state index in [1.807, 2.05) is 0 Å². The minimum Gasteiger partial charge on any atom is -0.359 e. The maximum atomic E-state index is 11.8. The summed E-state index contributed by atoms with van der Waals surface area (Å²) in [4.78, 5) is 11.3. The van der Waals surface area contributed by atoms with Gasteiger partial charge >= 0.3 is 6.18 Å². The summed E-state index contributed by atoms with van der Waals surface area (Å²) in [6.45, 7) is 3.41. The Labute approximate surface area is 87.4 Å². The molecule has 15 heavy (non-hydrogen) atoms. The van der Waals surface area contributed by atoms with Gasteiger partial charge in [-0.1, -0.05) is 0 Å². The van der Waals surface area contributed by atoms with Crippen molar-refractivity contribution in [2.45, 2.75) is 26.4 Å². The van der Waals surface area contributed by atoms with Crippen molar-refractivity contribution < 1.29 is 18.0 Å². The molecule has 0 saturated carbocycles. The number of carbonyl (C=O) groups excluding carboxylic acids is 1. The van der Waals surface area contributed by atoms with E-state index in [9.17, 15) is 18.0 Å². The Bertz CT molecular complexity index is 214. The van der Waals surface area contributed by atoms with Gasteiger partial charge in [-0.25, -0.2) is 0 Å². The standard InChI is InChI=1S/C9H17F3N2O/c1-8(2,7(15)13-3)6-14-5-4-9(10,11)12/h14H,4-6H2,1-3H3,(H,13,15). The van der Waals surface area contributed by atoms with Gasteiger partial charge in [-0.2, -0.15) is 13.2 Å². The molecule has 2 N–H and O–H groups in total. The van der Waals surface area contributed by atoms with Gasteiger partial charge in [-0.05, 0) is 13.8 Å². The number of carbonyl (C=O) groups is 1. The summed E-state index contributed by atoms with van der Waals surface area (Å²) in [5.74, 6) is -0.193. The zero-order chi connectivity index (χ0) is 12.1. The minimum atomic E-state index is -4.15. The Morgan fingerprint density at radius 1 is 1.27 bits per heavy atom. The number of hydrogen-bond donors (Lipinski definition) is 2. The van der Waals surface area contributed by atoms with Crippen LogP contribution in [0.4, 0.5) is 13.2 Å². The van der Waals surface area contributed by atoms with E-state index in [0.29, 0.717) is 0 Å². The van der Waals surface area contributed by atoms with Gasteiger partial charge in [0.25, 0.3) is 0 Å². The Morgan fingerprint density at radius 3 is 2.20 bits per heavy atom. The van der Waals surface area contributed by atoms with E-state index in [1.165, 1.54) is 7.05 Å². The summed E-state index contributed by atoms with van der Waals surface area (Å²) in [6, 6.07) is 0. The second kappa shape index (κ2) is 5.34. The Morgan fingerprint density at radius 2 is 1.80 bits per heavy atom. The predicted molar refractivity (Wildman–Crippen MR) is 51.4 cm³/mol. The summed E-state index contributed by atoms with van der Waals surface area (Å²) in [7, 11) is 1.50. The molecular weight excluding hydrogens is 209 g/mol. The highest BCUT2D eigenvalue weighted by atomic mass is 19.4. The smallest absolute Gasteiger partial charge is 0.359 e. The van der Waals surface area contributed by atoms with Crippen molar-refractivity contribution in [3.05, 3.63) is 0 Å². The zero-order valence-electron chi connectivity index (χ0n) is 9.16. The highest BCUT2D eigenvalue weighted by molar-refractivity contribution is 5.81. The zero-order valence-corrected chi connectivity index (χ0v) is 9.16. The van der Waals surface area contributed by atoms with Crippen LogP contribution in [0, 0.1) is 5.41 Å². The van der Waals surface area contributed by atoms with Gasteiger partial charge < -0.3 is 10.6 Å². The fourth-order valence-electron chi connectivity index (χ4n) is 1.05. The fourth-order valence-corrected chi connectivity index (χ4v) is 1.05. The normalized spacial score (nSPS) is 12.7. The summed E-state index contributed by atoms with van der Waals surface area (Å²) >= 11 is 0. The second-order valence-corrected chi connectivity index (χ2v) is 4.00. The monoisotopic (exact) mass is 226 g/mol. The minimum absolute atomic E-state index is 0.163. The van der Waals surface area contributed by atoms with Crippen molar-refractivity contribution >= 4 is 5.91 Å². The Hall–Kier alpha value is -0.780. The van der Waals surface area contributed by atoms with Gasteiger partial charge in [-0.3, -0.25) is 4.79 Å².